The van der Waals surface area contributed by atoms with Gasteiger partial charge in [-0.3, -0.25) is 0 Å². The molecule has 2 aliphatic heterocycles. The van der Waals surface area contributed by atoms with Gasteiger partial charge < -0.3 is 29.2 Å². The molecule has 6 heteroatoms. The van der Waals surface area contributed by atoms with Crippen LogP contribution in [0.15, 0.2) is 0 Å². The molecular formula is C10H18O6. The van der Waals surface area contributed by atoms with Crippen molar-refractivity contribution < 1.29 is 29.2 Å². The molecule has 94 valence electrons. The maximum atomic E-state index is 9.57. The van der Waals surface area contributed by atoms with E-state index in [1.807, 2.05) is 13.8 Å². The van der Waals surface area contributed by atoms with Gasteiger partial charge in [-0.25, -0.2) is 0 Å². The molecule has 2 fully saturated rings. The Morgan fingerprint density at radius 2 is 2.12 bits per heavy atom. The van der Waals surface area contributed by atoms with Crippen LogP contribution in [0.1, 0.15) is 13.8 Å². The number of hydrogen-bond acceptors (Lipinski definition) is 6. The molecule has 0 aromatic heterocycles. The third kappa shape index (κ3) is 2.37. The van der Waals surface area contributed by atoms with Gasteiger partial charge in [0.25, 0.3) is 0 Å². The van der Waals surface area contributed by atoms with Crippen LogP contribution >= 0.6 is 0 Å². The average Bonchev–Trinajstić information content (AvgIpc) is 2.82. The molecule has 0 bridgehead atoms. The van der Waals surface area contributed by atoms with Crippen molar-refractivity contribution in [3.05, 3.63) is 0 Å². The second kappa shape index (κ2) is 4.56. The maximum absolute atomic E-state index is 9.57. The molecule has 0 unspecified atom stereocenters. The van der Waals surface area contributed by atoms with E-state index in [1.165, 1.54) is 0 Å². The third-order valence-electron chi connectivity index (χ3n) is 2.81. The Balaban J connectivity index is 1.98. The monoisotopic (exact) mass is 234 g/mol. The molecule has 2 saturated heterocycles. The standard InChI is InChI=1S/C10H18O6/c1-10(2)15-4-7(16-10)9-8(6(12)3-11)13-5-14-9/h6-9,11-12H,3-5H2,1-2H3/t6-,7-,8-,9-/m1/s1. The Morgan fingerprint density at radius 3 is 2.69 bits per heavy atom. The van der Waals surface area contributed by atoms with Crippen molar-refractivity contribution in [1.29, 1.82) is 0 Å². The van der Waals surface area contributed by atoms with Crippen molar-refractivity contribution >= 4 is 0 Å². The number of hydrogen-bond donors (Lipinski definition) is 2. The average molecular weight is 234 g/mol. The van der Waals surface area contributed by atoms with Gasteiger partial charge in [0.05, 0.1) is 13.2 Å². The molecule has 2 rings (SSSR count). The second-order valence-corrected chi connectivity index (χ2v) is 4.50. The lowest BCUT2D eigenvalue weighted by Crippen LogP contribution is -2.45. The molecule has 0 aliphatic carbocycles. The van der Waals surface area contributed by atoms with Crippen molar-refractivity contribution in [3.8, 4) is 0 Å². The molecule has 2 aliphatic rings. The largest absolute Gasteiger partial charge is 0.394 e. The number of aliphatic hydroxyl groups excluding tert-OH is 2. The van der Waals surface area contributed by atoms with E-state index in [2.05, 4.69) is 0 Å². The van der Waals surface area contributed by atoms with Gasteiger partial charge in [-0.1, -0.05) is 0 Å². The van der Waals surface area contributed by atoms with E-state index in [-0.39, 0.29) is 19.5 Å². The summed E-state index contributed by atoms with van der Waals surface area (Å²) < 4.78 is 21.7. The van der Waals surface area contributed by atoms with Crippen LogP contribution in [-0.4, -0.2) is 60.4 Å². The minimum absolute atomic E-state index is 0.104. The first kappa shape index (κ1) is 12.2. The summed E-state index contributed by atoms with van der Waals surface area (Å²) in [6.07, 6.45) is -2.19. The zero-order valence-electron chi connectivity index (χ0n) is 9.46. The van der Waals surface area contributed by atoms with E-state index in [0.29, 0.717) is 6.61 Å². The zero-order valence-corrected chi connectivity index (χ0v) is 9.46. The zero-order chi connectivity index (χ0) is 11.8. The summed E-state index contributed by atoms with van der Waals surface area (Å²) >= 11 is 0. The summed E-state index contributed by atoms with van der Waals surface area (Å²) in [6.45, 7) is 3.78. The van der Waals surface area contributed by atoms with E-state index >= 15 is 0 Å². The first-order valence-corrected chi connectivity index (χ1v) is 5.37. The van der Waals surface area contributed by atoms with E-state index in [1.54, 1.807) is 0 Å². The predicted molar refractivity (Wildman–Crippen MR) is 52.6 cm³/mol. The van der Waals surface area contributed by atoms with Gasteiger partial charge in [-0.2, -0.15) is 0 Å². The van der Waals surface area contributed by atoms with Crippen LogP contribution in [0.2, 0.25) is 0 Å². The molecule has 0 spiro atoms. The van der Waals surface area contributed by atoms with E-state index < -0.39 is 24.1 Å². The summed E-state index contributed by atoms with van der Waals surface area (Å²) in [6, 6.07) is 0. The first-order chi connectivity index (χ1) is 7.53. The van der Waals surface area contributed by atoms with Gasteiger partial charge in [0.15, 0.2) is 5.79 Å². The molecule has 0 aromatic carbocycles. The lowest BCUT2D eigenvalue weighted by atomic mass is 10.0. The highest BCUT2D eigenvalue weighted by Crippen LogP contribution is 2.30. The summed E-state index contributed by atoms with van der Waals surface area (Å²) in [5.41, 5.74) is 0. The fourth-order valence-corrected chi connectivity index (χ4v) is 2.02. The Kier molecular flexibility index (Phi) is 3.48. The van der Waals surface area contributed by atoms with Gasteiger partial charge in [0.1, 0.15) is 31.2 Å². The molecule has 0 aromatic rings. The fourth-order valence-electron chi connectivity index (χ4n) is 2.02. The van der Waals surface area contributed by atoms with Crippen LogP contribution in [-0.2, 0) is 18.9 Å². The summed E-state index contributed by atoms with van der Waals surface area (Å²) in [7, 11) is 0. The van der Waals surface area contributed by atoms with Crippen LogP contribution in [0.25, 0.3) is 0 Å². The molecule has 0 amide bonds. The van der Waals surface area contributed by atoms with E-state index in [4.69, 9.17) is 24.1 Å². The quantitative estimate of drug-likeness (QED) is 0.668. The predicted octanol–water partition coefficient (Wildman–Crippen LogP) is -0.767. The smallest absolute Gasteiger partial charge is 0.163 e. The van der Waals surface area contributed by atoms with Gasteiger partial charge in [-0.15, -0.1) is 0 Å². The molecule has 2 heterocycles. The van der Waals surface area contributed by atoms with Crippen LogP contribution < -0.4 is 0 Å². The highest BCUT2D eigenvalue weighted by Gasteiger charge is 2.46. The Bertz CT molecular complexity index is 243. The van der Waals surface area contributed by atoms with E-state index in [0.717, 1.165) is 0 Å². The van der Waals surface area contributed by atoms with Gasteiger partial charge in [0.2, 0.25) is 0 Å². The van der Waals surface area contributed by atoms with Crippen molar-refractivity contribution in [3.63, 3.8) is 0 Å². The van der Waals surface area contributed by atoms with Crippen LogP contribution in [0.4, 0.5) is 0 Å². The summed E-state index contributed by atoms with van der Waals surface area (Å²) in [5, 5.41) is 18.5. The number of ether oxygens (including phenoxy) is 4. The van der Waals surface area contributed by atoms with Gasteiger partial charge >= 0.3 is 0 Å². The minimum Gasteiger partial charge on any atom is -0.394 e. The lowest BCUT2D eigenvalue weighted by Gasteiger charge is -2.25. The van der Waals surface area contributed by atoms with Crippen LogP contribution in [0, 0.1) is 0 Å². The molecule has 6 nitrogen and oxygen atoms in total. The highest BCUT2D eigenvalue weighted by atomic mass is 16.8. The molecular weight excluding hydrogens is 216 g/mol. The number of aliphatic hydroxyl groups is 2. The first-order valence-electron chi connectivity index (χ1n) is 5.37. The molecule has 0 radical (unpaired) electrons. The SMILES string of the molecule is CC1(C)OC[C@H]([C@H]2OCO[C@@H]2[C@H](O)CO)O1. The minimum atomic E-state index is -0.959. The summed E-state index contributed by atoms with van der Waals surface area (Å²) in [4.78, 5) is 0. The highest BCUT2D eigenvalue weighted by molar-refractivity contribution is 4.89. The van der Waals surface area contributed by atoms with Gasteiger partial charge in [0, 0.05) is 0 Å². The summed E-state index contributed by atoms with van der Waals surface area (Å²) in [5.74, 6) is -0.634. The van der Waals surface area contributed by atoms with Crippen molar-refractivity contribution in [2.75, 3.05) is 20.0 Å². The fraction of sp³-hybridized carbons (Fsp3) is 1.00. The van der Waals surface area contributed by atoms with Gasteiger partial charge in [-0.05, 0) is 13.8 Å². The van der Waals surface area contributed by atoms with E-state index in [9.17, 15) is 5.11 Å². The van der Waals surface area contributed by atoms with Crippen molar-refractivity contribution in [1.82, 2.24) is 0 Å². The Labute approximate surface area is 94.1 Å². The van der Waals surface area contributed by atoms with Crippen LogP contribution in [0.5, 0.6) is 0 Å². The Morgan fingerprint density at radius 1 is 1.38 bits per heavy atom. The maximum Gasteiger partial charge on any atom is 0.163 e. The number of rotatable bonds is 3. The molecule has 16 heavy (non-hydrogen) atoms. The Hall–Kier alpha value is -0.240. The second-order valence-electron chi connectivity index (χ2n) is 4.50. The molecule has 2 N–H and O–H groups in total. The third-order valence-corrected chi connectivity index (χ3v) is 2.81. The van der Waals surface area contributed by atoms with Crippen molar-refractivity contribution in [2.45, 2.75) is 44.1 Å². The lowest BCUT2D eigenvalue weighted by molar-refractivity contribution is -0.155. The molecule has 0 saturated carbocycles. The van der Waals surface area contributed by atoms with Crippen LogP contribution in [0.3, 0.4) is 0 Å². The molecule has 4 atom stereocenters. The van der Waals surface area contributed by atoms with Crippen molar-refractivity contribution in [2.24, 2.45) is 0 Å². The normalized spacial score (nSPS) is 40.1. The topological polar surface area (TPSA) is 77.4 Å².